The van der Waals surface area contributed by atoms with E-state index in [4.69, 9.17) is 9.84 Å². The molecule has 1 rings (SSSR count). The molecule has 1 aliphatic heterocycles. The maximum atomic E-state index is 10.8. The monoisotopic (exact) mass is 156 g/mol. The van der Waals surface area contributed by atoms with Crippen LogP contribution in [0.25, 0.3) is 0 Å². The first-order valence-corrected chi connectivity index (χ1v) is 3.81. The SMILES string of the molecule is O=C1OCC=C1CCCCO. The number of unbranched alkanes of at least 4 members (excludes halogenated alkanes) is 1. The van der Waals surface area contributed by atoms with Gasteiger partial charge in [-0.2, -0.15) is 0 Å². The molecule has 1 aliphatic rings. The van der Waals surface area contributed by atoms with Crippen molar-refractivity contribution in [3.05, 3.63) is 11.6 Å². The molecule has 0 spiro atoms. The van der Waals surface area contributed by atoms with E-state index in [1.807, 2.05) is 0 Å². The van der Waals surface area contributed by atoms with Gasteiger partial charge in [0.15, 0.2) is 0 Å². The average Bonchev–Trinajstić information content (AvgIpc) is 2.37. The van der Waals surface area contributed by atoms with Crippen LogP contribution in [-0.4, -0.2) is 24.3 Å². The van der Waals surface area contributed by atoms with Crippen LogP contribution in [0.15, 0.2) is 11.6 Å². The highest BCUT2D eigenvalue weighted by atomic mass is 16.5. The van der Waals surface area contributed by atoms with Gasteiger partial charge in [-0.1, -0.05) is 0 Å². The molecule has 0 amide bonds. The fourth-order valence-corrected chi connectivity index (χ4v) is 1.03. The van der Waals surface area contributed by atoms with Gasteiger partial charge < -0.3 is 9.84 Å². The summed E-state index contributed by atoms with van der Waals surface area (Å²) in [6.07, 6.45) is 4.15. The molecule has 0 aliphatic carbocycles. The van der Waals surface area contributed by atoms with Crippen molar-refractivity contribution in [3.63, 3.8) is 0 Å². The van der Waals surface area contributed by atoms with Gasteiger partial charge in [-0.3, -0.25) is 0 Å². The Morgan fingerprint density at radius 3 is 2.91 bits per heavy atom. The van der Waals surface area contributed by atoms with Crippen LogP contribution in [0, 0.1) is 0 Å². The molecule has 0 saturated carbocycles. The van der Waals surface area contributed by atoms with Crippen LogP contribution in [0.5, 0.6) is 0 Å². The van der Waals surface area contributed by atoms with Gasteiger partial charge in [0.2, 0.25) is 0 Å². The van der Waals surface area contributed by atoms with Crippen LogP contribution < -0.4 is 0 Å². The first-order chi connectivity index (χ1) is 5.34. The van der Waals surface area contributed by atoms with Gasteiger partial charge in [0, 0.05) is 12.2 Å². The molecular formula is C8H12O3. The van der Waals surface area contributed by atoms with Crippen molar-refractivity contribution in [3.8, 4) is 0 Å². The fraction of sp³-hybridized carbons (Fsp3) is 0.625. The molecule has 0 radical (unpaired) electrons. The Morgan fingerprint density at radius 2 is 2.36 bits per heavy atom. The van der Waals surface area contributed by atoms with E-state index in [-0.39, 0.29) is 12.6 Å². The Balaban J connectivity index is 2.20. The molecule has 0 aromatic heterocycles. The maximum Gasteiger partial charge on any atom is 0.334 e. The normalized spacial score (nSPS) is 16.5. The van der Waals surface area contributed by atoms with Crippen molar-refractivity contribution in [1.82, 2.24) is 0 Å². The van der Waals surface area contributed by atoms with E-state index < -0.39 is 0 Å². The molecule has 1 N–H and O–H groups in total. The molecule has 0 fully saturated rings. The Hall–Kier alpha value is -0.830. The lowest BCUT2D eigenvalue weighted by molar-refractivity contribution is -0.136. The second-order valence-electron chi connectivity index (χ2n) is 2.51. The van der Waals surface area contributed by atoms with Crippen molar-refractivity contribution in [2.75, 3.05) is 13.2 Å². The zero-order valence-corrected chi connectivity index (χ0v) is 6.38. The first kappa shape index (κ1) is 8.27. The van der Waals surface area contributed by atoms with E-state index in [1.54, 1.807) is 6.08 Å². The maximum absolute atomic E-state index is 10.8. The minimum atomic E-state index is -0.192. The van der Waals surface area contributed by atoms with E-state index in [0.717, 1.165) is 24.8 Å². The second-order valence-corrected chi connectivity index (χ2v) is 2.51. The molecule has 1 heterocycles. The molecule has 0 bridgehead atoms. The van der Waals surface area contributed by atoms with E-state index in [9.17, 15) is 4.79 Å². The molecule has 3 nitrogen and oxygen atoms in total. The number of hydrogen-bond donors (Lipinski definition) is 1. The number of rotatable bonds is 4. The predicted octanol–water partition coefficient (Wildman–Crippen LogP) is 0.632. The lowest BCUT2D eigenvalue weighted by atomic mass is 10.1. The second kappa shape index (κ2) is 4.13. The number of ether oxygens (including phenoxy) is 1. The molecule has 0 unspecified atom stereocenters. The van der Waals surface area contributed by atoms with Crippen LogP contribution in [0.4, 0.5) is 0 Å². The summed E-state index contributed by atoms with van der Waals surface area (Å²) in [7, 11) is 0. The standard InChI is InChI=1S/C8H12O3/c9-5-2-1-3-7-4-6-11-8(7)10/h4,9H,1-3,5-6H2. The molecule has 0 aromatic rings. The third kappa shape index (κ3) is 2.35. The summed E-state index contributed by atoms with van der Waals surface area (Å²) in [5.41, 5.74) is 0.762. The topological polar surface area (TPSA) is 46.5 Å². The molecule has 11 heavy (non-hydrogen) atoms. The molecule has 0 aromatic carbocycles. The number of hydrogen-bond acceptors (Lipinski definition) is 3. The van der Waals surface area contributed by atoms with Crippen LogP contribution >= 0.6 is 0 Å². The summed E-state index contributed by atoms with van der Waals surface area (Å²) in [5.74, 6) is -0.192. The summed E-state index contributed by atoms with van der Waals surface area (Å²) >= 11 is 0. The third-order valence-electron chi connectivity index (χ3n) is 1.66. The third-order valence-corrected chi connectivity index (χ3v) is 1.66. The highest BCUT2D eigenvalue weighted by Crippen LogP contribution is 2.13. The lowest BCUT2D eigenvalue weighted by Crippen LogP contribution is -1.99. The number of esters is 1. The van der Waals surface area contributed by atoms with Crippen LogP contribution in [0.2, 0.25) is 0 Å². The van der Waals surface area contributed by atoms with E-state index >= 15 is 0 Å². The highest BCUT2D eigenvalue weighted by Gasteiger charge is 2.14. The van der Waals surface area contributed by atoms with Crippen LogP contribution in [0.1, 0.15) is 19.3 Å². The van der Waals surface area contributed by atoms with Crippen molar-refractivity contribution in [1.29, 1.82) is 0 Å². The zero-order valence-electron chi connectivity index (χ0n) is 6.38. The summed E-state index contributed by atoms with van der Waals surface area (Å²) in [6, 6.07) is 0. The predicted molar refractivity (Wildman–Crippen MR) is 40.0 cm³/mol. The van der Waals surface area contributed by atoms with Gasteiger partial charge in [0.05, 0.1) is 0 Å². The molecular weight excluding hydrogens is 144 g/mol. The Morgan fingerprint density at radius 1 is 1.55 bits per heavy atom. The molecule has 3 heteroatoms. The average molecular weight is 156 g/mol. The summed E-state index contributed by atoms with van der Waals surface area (Å²) in [5, 5.41) is 8.47. The van der Waals surface area contributed by atoms with E-state index in [1.165, 1.54) is 0 Å². The molecule has 0 saturated heterocycles. The van der Waals surface area contributed by atoms with Gasteiger partial charge >= 0.3 is 5.97 Å². The van der Waals surface area contributed by atoms with Crippen molar-refractivity contribution in [2.45, 2.75) is 19.3 Å². The van der Waals surface area contributed by atoms with E-state index in [2.05, 4.69) is 0 Å². The van der Waals surface area contributed by atoms with Gasteiger partial charge in [0.1, 0.15) is 6.61 Å². The highest BCUT2D eigenvalue weighted by molar-refractivity contribution is 5.90. The summed E-state index contributed by atoms with van der Waals surface area (Å²) in [4.78, 5) is 10.8. The van der Waals surface area contributed by atoms with E-state index in [0.29, 0.717) is 6.61 Å². The largest absolute Gasteiger partial charge is 0.458 e. The Labute approximate surface area is 65.7 Å². The van der Waals surface area contributed by atoms with Crippen molar-refractivity contribution < 1.29 is 14.6 Å². The smallest absolute Gasteiger partial charge is 0.334 e. The number of aliphatic hydroxyl groups is 1. The Bertz CT molecular complexity index is 172. The Kier molecular flexibility index (Phi) is 3.11. The van der Waals surface area contributed by atoms with Crippen LogP contribution in [-0.2, 0) is 9.53 Å². The van der Waals surface area contributed by atoms with Gasteiger partial charge in [-0.25, -0.2) is 4.79 Å². The fourth-order valence-electron chi connectivity index (χ4n) is 1.03. The van der Waals surface area contributed by atoms with Gasteiger partial charge in [-0.05, 0) is 25.3 Å². The summed E-state index contributed by atoms with van der Waals surface area (Å²) < 4.78 is 4.70. The number of carbonyl (C=O) groups excluding carboxylic acids is 1. The minimum Gasteiger partial charge on any atom is -0.458 e. The number of carbonyl (C=O) groups is 1. The molecule has 0 atom stereocenters. The molecule has 62 valence electrons. The summed E-state index contributed by atoms with van der Waals surface area (Å²) in [6.45, 7) is 0.621. The number of aliphatic hydroxyl groups excluding tert-OH is 1. The van der Waals surface area contributed by atoms with Crippen molar-refractivity contribution >= 4 is 5.97 Å². The lowest BCUT2D eigenvalue weighted by Gasteiger charge is -1.96. The quantitative estimate of drug-likeness (QED) is 0.479. The van der Waals surface area contributed by atoms with Crippen LogP contribution in [0.3, 0.4) is 0 Å². The first-order valence-electron chi connectivity index (χ1n) is 3.81. The van der Waals surface area contributed by atoms with Crippen molar-refractivity contribution in [2.24, 2.45) is 0 Å². The number of cyclic esters (lactones) is 1. The zero-order chi connectivity index (χ0) is 8.10. The minimum absolute atomic E-state index is 0.192. The van der Waals surface area contributed by atoms with Gasteiger partial charge in [0.25, 0.3) is 0 Å². The van der Waals surface area contributed by atoms with Gasteiger partial charge in [-0.15, -0.1) is 0 Å².